The Morgan fingerprint density at radius 3 is 1.76 bits per heavy atom. The summed E-state index contributed by atoms with van der Waals surface area (Å²) in [5.74, 6) is 0. The predicted octanol–water partition coefficient (Wildman–Crippen LogP) is 4.74. The van der Waals surface area contributed by atoms with Crippen LogP contribution < -0.4 is 5.32 Å². The Balaban J connectivity index is 2.93. The highest BCUT2D eigenvalue weighted by Crippen LogP contribution is 2.25. The van der Waals surface area contributed by atoms with Crippen molar-refractivity contribution in [2.75, 3.05) is 5.32 Å². The molecule has 1 nitrogen and oxygen atoms in total. The van der Waals surface area contributed by atoms with Crippen molar-refractivity contribution in [3.8, 4) is 0 Å². The maximum atomic E-state index is 3.47. The minimum Gasteiger partial charge on any atom is -0.362 e. The molecule has 17 heavy (non-hydrogen) atoms. The quantitative estimate of drug-likeness (QED) is 0.774. The molecule has 0 radical (unpaired) electrons. The normalized spacial score (nSPS) is 12.1. The molecule has 0 saturated heterocycles. The van der Waals surface area contributed by atoms with Gasteiger partial charge in [0.25, 0.3) is 0 Å². The number of hydrogen-bond donors (Lipinski definition) is 1. The predicted molar refractivity (Wildman–Crippen MR) is 84.8 cm³/mol. The molecule has 0 atom stereocenters. The van der Waals surface area contributed by atoms with E-state index in [1.54, 1.807) is 4.82 Å². The van der Waals surface area contributed by atoms with Gasteiger partial charge in [-0.1, -0.05) is 62.3 Å². The van der Waals surface area contributed by atoms with Crippen molar-refractivity contribution in [3.63, 3.8) is 0 Å². The fraction of sp³-hybridized carbons (Fsp3) is 0.429. The maximum absolute atomic E-state index is 3.47. The zero-order valence-corrected chi connectivity index (χ0v) is 14.0. The van der Waals surface area contributed by atoms with Crippen LogP contribution in [0.15, 0.2) is 41.4 Å². The number of hydrogen-bond acceptors (Lipinski definition) is 1. The monoisotopic (exact) mass is 263 g/mol. The van der Waals surface area contributed by atoms with Gasteiger partial charge in [-0.2, -0.15) is 0 Å². The minimum atomic E-state index is -1.22. The second kappa shape index (κ2) is 5.23. The molecule has 1 rings (SSSR count). The van der Waals surface area contributed by atoms with Crippen molar-refractivity contribution in [1.29, 1.82) is 0 Å². The van der Waals surface area contributed by atoms with Crippen LogP contribution >= 0.6 is 0 Å². The summed E-state index contributed by atoms with van der Waals surface area (Å²) in [6.45, 7) is 14.6. The van der Waals surface area contributed by atoms with E-state index in [0.717, 1.165) is 0 Å². The average molecular weight is 264 g/mol. The number of nitrogens with one attached hydrogen (secondary N) is 1. The third kappa shape index (κ3) is 4.52. The molecular formula is C14H25NSi2. The molecule has 0 heterocycles. The summed E-state index contributed by atoms with van der Waals surface area (Å²) in [6, 6.07) is 10.4. The third-order valence-electron chi connectivity index (χ3n) is 2.77. The van der Waals surface area contributed by atoms with Crippen molar-refractivity contribution in [2.45, 2.75) is 39.3 Å². The van der Waals surface area contributed by atoms with Gasteiger partial charge < -0.3 is 5.32 Å². The lowest BCUT2D eigenvalue weighted by Gasteiger charge is -2.31. The van der Waals surface area contributed by atoms with Crippen LogP contribution in [0.25, 0.3) is 0 Å². The Kier molecular flexibility index (Phi) is 4.39. The lowest BCUT2D eigenvalue weighted by molar-refractivity contribution is 1.54. The van der Waals surface area contributed by atoms with E-state index in [9.17, 15) is 0 Å². The molecular weight excluding hydrogens is 238 g/mol. The van der Waals surface area contributed by atoms with E-state index in [2.05, 4.69) is 75.1 Å². The Bertz CT molecular complexity index is 367. The molecule has 0 aliphatic heterocycles. The van der Waals surface area contributed by atoms with Crippen LogP contribution in [0.1, 0.15) is 0 Å². The molecule has 1 N–H and O–H groups in total. The number of benzene rings is 1. The highest BCUT2D eigenvalue weighted by Gasteiger charge is 2.30. The van der Waals surface area contributed by atoms with Gasteiger partial charge in [-0.25, -0.2) is 0 Å². The molecule has 0 unspecified atom stereocenters. The second-order valence-electron chi connectivity index (χ2n) is 6.57. The topological polar surface area (TPSA) is 12.0 Å². The van der Waals surface area contributed by atoms with Gasteiger partial charge in [0.05, 0.1) is 16.1 Å². The fourth-order valence-electron chi connectivity index (χ4n) is 2.25. The molecule has 0 fully saturated rings. The molecule has 0 aliphatic carbocycles. The summed E-state index contributed by atoms with van der Waals surface area (Å²) in [6.07, 6.45) is 2.29. The van der Waals surface area contributed by atoms with Gasteiger partial charge in [0.15, 0.2) is 0 Å². The minimum absolute atomic E-state index is 1.18. The number of para-hydroxylation sites is 1. The second-order valence-corrected chi connectivity index (χ2v) is 17.1. The Hall–Kier alpha value is -0.806. The maximum Gasteiger partial charge on any atom is 0.0700 e. The van der Waals surface area contributed by atoms with Gasteiger partial charge in [-0.3, -0.25) is 0 Å². The zero-order chi connectivity index (χ0) is 13.1. The SMILES string of the molecule is C[Si](C)(C)C(=CNc1ccccc1)[Si](C)(C)C. The highest BCUT2D eigenvalue weighted by atomic mass is 28.4. The standard InChI is InChI=1S/C14H25NSi2/c1-16(2,3)14(17(4,5)6)12-15-13-10-8-7-9-11-13/h7-12,15H,1-6H3. The van der Waals surface area contributed by atoms with Crippen molar-refractivity contribution in [1.82, 2.24) is 0 Å². The molecule has 1 aromatic carbocycles. The van der Waals surface area contributed by atoms with E-state index >= 15 is 0 Å². The first-order chi connectivity index (χ1) is 7.71. The van der Waals surface area contributed by atoms with Gasteiger partial charge in [-0.15, -0.1) is 0 Å². The molecule has 0 amide bonds. The molecule has 1 aromatic rings. The van der Waals surface area contributed by atoms with E-state index in [1.165, 1.54) is 5.69 Å². The van der Waals surface area contributed by atoms with Gasteiger partial charge in [-0.05, 0) is 18.3 Å². The summed E-state index contributed by atoms with van der Waals surface area (Å²) in [4.78, 5) is 1.70. The summed E-state index contributed by atoms with van der Waals surface area (Å²) in [7, 11) is -2.43. The lowest BCUT2D eigenvalue weighted by Crippen LogP contribution is -2.40. The van der Waals surface area contributed by atoms with Crippen LogP contribution in [0.2, 0.25) is 39.3 Å². The lowest BCUT2D eigenvalue weighted by atomic mass is 10.3. The van der Waals surface area contributed by atoms with E-state index in [0.29, 0.717) is 0 Å². The van der Waals surface area contributed by atoms with Crippen LogP contribution in [0.4, 0.5) is 5.69 Å². The van der Waals surface area contributed by atoms with Gasteiger partial charge in [0, 0.05) is 5.69 Å². The van der Waals surface area contributed by atoms with E-state index in [-0.39, 0.29) is 0 Å². The number of anilines is 1. The number of rotatable bonds is 4. The first-order valence-corrected chi connectivity index (χ1v) is 13.2. The van der Waals surface area contributed by atoms with Crippen LogP contribution in [0.5, 0.6) is 0 Å². The Labute approximate surface area is 108 Å². The highest BCUT2D eigenvalue weighted by molar-refractivity contribution is 7.04. The van der Waals surface area contributed by atoms with Crippen molar-refractivity contribution in [3.05, 3.63) is 41.4 Å². The molecule has 0 aliphatic rings. The summed E-state index contributed by atoms with van der Waals surface area (Å²) >= 11 is 0. The first kappa shape index (κ1) is 14.3. The van der Waals surface area contributed by atoms with Gasteiger partial charge in [0.1, 0.15) is 0 Å². The van der Waals surface area contributed by atoms with Crippen LogP contribution in [0, 0.1) is 0 Å². The first-order valence-electron chi connectivity index (χ1n) is 6.24. The molecule has 0 spiro atoms. The average Bonchev–Trinajstić information content (AvgIpc) is 2.15. The third-order valence-corrected chi connectivity index (χ3v) is 10.8. The molecule has 3 heteroatoms. The van der Waals surface area contributed by atoms with Crippen LogP contribution in [-0.4, -0.2) is 16.1 Å². The van der Waals surface area contributed by atoms with Crippen molar-refractivity contribution >= 4 is 21.8 Å². The summed E-state index contributed by atoms with van der Waals surface area (Å²) in [5, 5.41) is 3.47. The van der Waals surface area contributed by atoms with Gasteiger partial charge in [0.2, 0.25) is 0 Å². The molecule has 0 bridgehead atoms. The van der Waals surface area contributed by atoms with Crippen molar-refractivity contribution in [2.24, 2.45) is 0 Å². The summed E-state index contributed by atoms with van der Waals surface area (Å²) in [5.41, 5.74) is 1.18. The molecule has 0 aromatic heterocycles. The smallest absolute Gasteiger partial charge is 0.0700 e. The Morgan fingerprint density at radius 1 is 0.882 bits per heavy atom. The zero-order valence-electron chi connectivity index (χ0n) is 12.0. The van der Waals surface area contributed by atoms with Gasteiger partial charge >= 0.3 is 0 Å². The van der Waals surface area contributed by atoms with E-state index < -0.39 is 16.1 Å². The summed E-state index contributed by atoms with van der Waals surface area (Å²) < 4.78 is 0. The Morgan fingerprint density at radius 2 is 1.35 bits per heavy atom. The van der Waals surface area contributed by atoms with Crippen molar-refractivity contribution < 1.29 is 0 Å². The fourth-order valence-corrected chi connectivity index (χ4v) is 12.3. The largest absolute Gasteiger partial charge is 0.362 e. The van der Waals surface area contributed by atoms with Crippen LogP contribution in [-0.2, 0) is 0 Å². The molecule has 94 valence electrons. The van der Waals surface area contributed by atoms with E-state index in [4.69, 9.17) is 0 Å². The molecule has 0 saturated carbocycles. The van der Waals surface area contributed by atoms with Crippen LogP contribution in [0.3, 0.4) is 0 Å². The van der Waals surface area contributed by atoms with E-state index in [1.807, 2.05) is 6.07 Å².